The first-order valence-corrected chi connectivity index (χ1v) is 14.2. The van der Waals surface area contributed by atoms with Gasteiger partial charge in [0, 0.05) is 36.6 Å². The van der Waals surface area contributed by atoms with E-state index in [1.54, 1.807) is 37.3 Å². The van der Waals surface area contributed by atoms with Crippen molar-refractivity contribution in [1.29, 1.82) is 0 Å². The number of nitrogens with zero attached hydrogens (tertiary/aromatic N) is 3. The molecule has 0 saturated heterocycles. The topological polar surface area (TPSA) is 138 Å². The van der Waals surface area contributed by atoms with Gasteiger partial charge in [0.25, 0.3) is 11.5 Å². The number of hydrogen-bond acceptors (Lipinski definition) is 6. The van der Waals surface area contributed by atoms with E-state index in [2.05, 4.69) is 26.0 Å². The van der Waals surface area contributed by atoms with Crippen molar-refractivity contribution >= 4 is 46.5 Å². The Morgan fingerprint density at radius 2 is 1.57 bits per heavy atom. The summed E-state index contributed by atoms with van der Waals surface area (Å²) in [6.45, 7) is 2.34. The molecule has 5 rings (SSSR count). The average Bonchev–Trinajstić information content (AvgIpc) is 3.03. The van der Waals surface area contributed by atoms with E-state index in [0.29, 0.717) is 16.8 Å². The minimum atomic E-state index is -0.711. The number of carbonyl (C=O) groups excluding carboxylic acids is 2. The number of anilines is 2. The Hall–Kier alpha value is -5.19. The van der Waals surface area contributed by atoms with Gasteiger partial charge in [-0.25, -0.2) is 9.48 Å². The molecule has 4 N–H and O–H groups in total. The molecule has 0 spiro atoms. The lowest BCUT2D eigenvalue weighted by Crippen LogP contribution is -2.29. The fourth-order valence-electron chi connectivity index (χ4n) is 4.41. The number of aryl methyl sites for hydroxylation is 1. The molecule has 3 amide bonds. The SMILES string of the molecule is CCn1nc(-c2cccc(-c3ccc(C(=O)NCc4cccc(O)c4)cc3)c2)cc(NC(=O)Nc2c(Cl)cncc2Cl)c1=O. The van der Waals surface area contributed by atoms with Crippen molar-refractivity contribution in [1.82, 2.24) is 20.1 Å². The van der Waals surface area contributed by atoms with E-state index in [-0.39, 0.29) is 46.2 Å². The molecule has 222 valence electrons. The Morgan fingerprint density at radius 1 is 0.864 bits per heavy atom. The molecule has 12 heteroatoms. The largest absolute Gasteiger partial charge is 0.508 e. The maximum absolute atomic E-state index is 13.0. The number of pyridine rings is 1. The molecule has 2 heterocycles. The van der Waals surface area contributed by atoms with Crippen LogP contribution in [0, 0.1) is 0 Å². The number of amides is 3. The highest BCUT2D eigenvalue weighted by molar-refractivity contribution is 6.39. The summed E-state index contributed by atoms with van der Waals surface area (Å²) in [6.07, 6.45) is 2.68. The quantitative estimate of drug-likeness (QED) is 0.153. The van der Waals surface area contributed by atoms with Gasteiger partial charge in [-0.1, -0.05) is 65.7 Å². The Balaban J connectivity index is 1.34. The van der Waals surface area contributed by atoms with E-state index in [4.69, 9.17) is 23.2 Å². The third kappa shape index (κ3) is 7.05. The summed E-state index contributed by atoms with van der Waals surface area (Å²) in [5.41, 5.74) is 3.88. The van der Waals surface area contributed by atoms with Crippen LogP contribution in [0.3, 0.4) is 0 Å². The molecule has 2 aromatic heterocycles. The van der Waals surface area contributed by atoms with Crippen LogP contribution in [0.2, 0.25) is 10.0 Å². The van der Waals surface area contributed by atoms with Crippen LogP contribution in [0.1, 0.15) is 22.8 Å². The normalized spacial score (nSPS) is 10.7. The molecular weight excluding hydrogens is 603 g/mol. The van der Waals surface area contributed by atoms with Crippen LogP contribution in [0.15, 0.2) is 96.1 Å². The summed E-state index contributed by atoms with van der Waals surface area (Å²) in [5.74, 6) is -0.0982. The summed E-state index contributed by atoms with van der Waals surface area (Å²) < 4.78 is 1.26. The van der Waals surface area contributed by atoms with Gasteiger partial charge in [0.15, 0.2) is 0 Å². The molecule has 0 aliphatic carbocycles. The minimum Gasteiger partial charge on any atom is -0.508 e. The molecule has 0 bridgehead atoms. The number of nitrogens with one attached hydrogen (secondary N) is 3. The maximum atomic E-state index is 13.0. The molecular formula is C32H26Cl2N6O4. The number of aromatic nitrogens is 3. The first kappa shape index (κ1) is 30.3. The van der Waals surface area contributed by atoms with Crippen LogP contribution >= 0.6 is 23.2 Å². The second-order valence-corrected chi connectivity index (χ2v) is 10.4. The number of rotatable bonds is 8. The second-order valence-electron chi connectivity index (χ2n) is 9.63. The summed E-state index contributed by atoms with van der Waals surface area (Å²) in [7, 11) is 0. The van der Waals surface area contributed by atoms with Crippen molar-refractivity contribution in [2.24, 2.45) is 0 Å². The molecule has 3 aromatic carbocycles. The van der Waals surface area contributed by atoms with E-state index in [1.165, 1.54) is 23.1 Å². The van der Waals surface area contributed by atoms with Gasteiger partial charge in [0.05, 0.1) is 21.4 Å². The molecule has 10 nitrogen and oxygen atoms in total. The molecule has 0 radical (unpaired) electrons. The summed E-state index contributed by atoms with van der Waals surface area (Å²) in [5, 5.41) is 22.4. The van der Waals surface area contributed by atoms with E-state index in [1.807, 2.05) is 42.5 Å². The van der Waals surface area contributed by atoms with Crippen LogP contribution in [0.25, 0.3) is 22.4 Å². The first-order valence-electron chi connectivity index (χ1n) is 13.5. The molecule has 0 saturated carbocycles. The highest BCUT2D eigenvalue weighted by Crippen LogP contribution is 2.29. The number of aromatic hydroxyl groups is 1. The highest BCUT2D eigenvalue weighted by Gasteiger charge is 2.15. The smallest absolute Gasteiger partial charge is 0.323 e. The standard InChI is InChI=1S/C32H26Cl2N6O4/c1-2-40-31(43)28(37-32(44)38-29-25(33)17-35-18-26(29)34)15-27(39-40)23-7-4-6-22(14-23)20-9-11-21(12-10-20)30(42)36-16-19-5-3-8-24(41)13-19/h3-15,17-18,41H,2,16H2,1H3,(H,36,42)(H2,35,37,38,44). The molecule has 0 unspecified atom stereocenters. The summed E-state index contributed by atoms with van der Waals surface area (Å²) >= 11 is 12.2. The van der Waals surface area contributed by atoms with Gasteiger partial charge in [-0.3, -0.25) is 14.6 Å². The van der Waals surface area contributed by atoms with Crippen LogP contribution < -0.4 is 21.5 Å². The van der Waals surface area contributed by atoms with Crippen LogP contribution in [-0.2, 0) is 13.1 Å². The minimum absolute atomic E-state index is 0.0159. The average molecular weight is 630 g/mol. The molecule has 5 aromatic rings. The monoisotopic (exact) mass is 628 g/mol. The summed E-state index contributed by atoms with van der Waals surface area (Å²) in [4.78, 5) is 42.3. The highest BCUT2D eigenvalue weighted by atomic mass is 35.5. The lowest BCUT2D eigenvalue weighted by Gasteiger charge is -2.13. The van der Waals surface area contributed by atoms with Crippen molar-refractivity contribution in [3.8, 4) is 28.1 Å². The van der Waals surface area contributed by atoms with Gasteiger partial charge < -0.3 is 21.1 Å². The number of hydrogen-bond donors (Lipinski definition) is 4. The van der Waals surface area contributed by atoms with Crippen molar-refractivity contribution < 1.29 is 14.7 Å². The number of benzene rings is 3. The zero-order valence-corrected chi connectivity index (χ0v) is 24.9. The third-order valence-electron chi connectivity index (χ3n) is 6.62. The van der Waals surface area contributed by atoms with Gasteiger partial charge in [0.2, 0.25) is 0 Å². The van der Waals surface area contributed by atoms with Gasteiger partial charge in [-0.2, -0.15) is 5.10 Å². The van der Waals surface area contributed by atoms with E-state index in [9.17, 15) is 19.5 Å². The van der Waals surface area contributed by atoms with Gasteiger partial charge in [-0.15, -0.1) is 0 Å². The van der Waals surface area contributed by atoms with E-state index >= 15 is 0 Å². The van der Waals surface area contributed by atoms with Gasteiger partial charge in [-0.05, 0) is 60.0 Å². The van der Waals surface area contributed by atoms with E-state index in [0.717, 1.165) is 16.7 Å². The third-order valence-corrected chi connectivity index (χ3v) is 7.19. The first-order chi connectivity index (χ1) is 21.2. The fraction of sp³-hybridized carbons (Fsp3) is 0.0938. The zero-order chi connectivity index (χ0) is 31.2. The van der Waals surface area contributed by atoms with Crippen molar-refractivity contribution in [3.63, 3.8) is 0 Å². The van der Waals surface area contributed by atoms with Crippen molar-refractivity contribution in [2.75, 3.05) is 10.6 Å². The van der Waals surface area contributed by atoms with Crippen molar-refractivity contribution in [3.05, 3.63) is 123 Å². The predicted molar refractivity (Wildman–Crippen MR) is 171 cm³/mol. The van der Waals surface area contributed by atoms with Gasteiger partial charge >= 0.3 is 6.03 Å². The Morgan fingerprint density at radius 3 is 2.27 bits per heavy atom. The number of halogens is 2. The van der Waals surface area contributed by atoms with E-state index < -0.39 is 11.6 Å². The molecule has 0 aliphatic heterocycles. The Labute approximate surface area is 262 Å². The Bertz CT molecular complexity index is 1890. The van der Waals surface area contributed by atoms with Crippen LogP contribution in [0.4, 0.5) is 16.2 Å². The fourth-order valence-corrected chi connectivity index (χ4v) is 4.87. The molecule has 0 atom stereocenters. The number of carbonyl (C=O) groups is 2. The van der Waals surface area contributed by atoms with Crippen LogP contribution in [-0.4, -0.2) is 31.8 Å². The molecule has 0 aliphatic rings. The van der Waals surface area contributed by atoms with Crippen LogP contribution in [0.5, 0.6) is 5.75 Å². The number of urea groups is 1. The van der Waals surface area contributed by atoms with Gasteiger partial charge in [0.1, 0.15) is 11.4 Å². The Kier molecular flexibility index (Phi) is 9.23. The number of phenols is 1. The summed E-state index contributed by atoms with van der Waals surface area (Å²) in [6, 6.07) is 22.2. The lowest BCUT2D eigenvalue weighted by molar-refractivity contribution is 0.0951. The zero-order valence-electron chi connectivity index (χ0n) is 23.3. The second kappa shape index (κ2) is 13.4. The maximum Gasteiger partial charge on any atom is 0.323 e. The molecule has 0 fully saturated rings. The molecule has 44 heavy (non-hydrogen) atoms. The predicted octanol–water partition coefficient (Wildman–Crippen LogP) is 6.58. The van der Waals surface area contributed by atoms with Crippen molar-refractivity contribution in [2.45, 2.75) is 20.0 Å². The number of phenolic OH excluding ortho intramolecular Hbond substituents is 1. The lowest BCUT2D eigenvalue weighted by atomic mass is 10.00.